The van der Waals surface area contributed by atoms with Gasteiger partial charge >= 0.3 is 5.97 Å². The second-order valence-corrected chi connectivity index (χ2v) is 6.64. The van der Waals surface area contributed by atoms with Gasteiger partial charge < -0.3 is 14.8 Å². The number of benzene rings is 2. The summed E-state index contributed by atoms with van der Waals surface area (Å²) in [6.45, 7) is 3.79. The molecule has 0 radical (unpaired) electrons. The normalized spacial score (nSPS) is 12.8. The number of carbonyl (C=O) groups excluding carboxylic acids is 2. The smallest absolute Gasteiger partial charge is 0.338 e. The van der Waals surface area contributed by atoms with E-state index in [-0.39, 0.29) is 12.5 Å². The summed E-state index contributed by atoms with van der Waals surface area (Å²) in [7, 11) is 0. The number of hydrogen-bond donors (Lipinski definition) is 1. The molecule has 0 fully saturated rings. The second-order valence-electron chi connectivity index (χ2n) is 6.64. The van der Waals surface area contributed by atoms with Crippen LogP contribution < -0.4 is 10.1 Å². The molecule has 27 heavy (non-hydrogen) atoms. The summed E-state index contributed by atoms with van der Waals surface area (Å²) in [5.74, 6) is 0.144. The maximum atomic E-state index is 12.4. The van der Waals surface area contributed by atoms with Gasteiger partial charge in [-0.3, -0.25) is 4.79 Å². The number of esters is 1. The number of hydrogen-bond acceptors (Lipinski definition) is 4. The van der Waals surface area contributed by atoms with Gasteiger partial charge in [-0.15, -0.1) is 0 Å². The van der Waals surface area contributed by atoms with Gasteiger partial charge in [-0.25, -0.2) is 4.79 Å². The van der Waals surface area contributed by atoms with Gasteiger partial charge in [-0.2, -0.15) is 0 Å². The Balaban J connectivity index is 1.65. The third-order valence-corrected chi connectivity index (χ3v) is 4.81. The van der Waals surface area contributed by atoms with Crippen molar-refractivity contribution in [3.05, 3.63) is 58.7 Å². The molecule has 5 nitrogen and oxygen atoms in total. The number of amides is 1. The number of carbonyl (C=O) groups is 2. The third kappa shape index (κ3) is 4.48. The van der Waals surface area contributed by atoms with Gasteiger partial charge in [0.15, 0.2) is 6.61 Å². The number of nitrogens with one attached hydrogen (secondary N) is 1. The van der Waals surface area contributed by atoms with Crippen molar-refractivity contribution < 1.29 is 19.1 Å². The summed E-state index contributed by atoms with van der Waals surface area (Å²) in [5, 5.41) is 2.83. The van der Waals surface area contributed by atoms with Crippen molar-refractivity contribution in [3.63, 3.8) is 0 Å². The van der Waals surface area contributed by atoms with E-state index in [1.54, 1.807) is 32.0 Å². The van der Waals surface area contributed by atoms with Gasteiger partial charge in [0.2, 0.25) is 0 Å². The van der Waals surface area contributed by atoms with Crippen LogP contribution in [-0.4, -0.2) is 25.1 Å². The Hall–Kier alpha value is -2.82. The maximum Gasteiger partial charge on any atom is 0.338 e. The van der Waals surface area contributed by atoms with E-state index < -0.39 is 5.97 Å². The fraction of sp³-hybridized carbons (Fsp3) is 0.364. The van der Waals surface area contributed by atoms with Crippen molar-refractivity contribution in [1.29, 1.82) is 0 Å². The predicted molar refractivity (Wildman–Crippen MR) is 104 cm³/mol. The van der Waals surface area contributed by atoms with Crippen molar-refractivity contribution in [1.82, 2.24) is 0 Å². The molecular formula is C22H25NO4. The third-order valence-electron chi connectivity index (χ3n) is 4.81. The summed E-state index contributed by atoms with van der Waals surface area (Å²) in [5.41, 5.74) is 4.26. The molecule has 2 aromatic carbocycles. The van der Waals surface area contributed by atoms with Crippen LogP contribution in [0.1, 0.15) is 46.8 Å². The van der Waals surface area contributed by atoms with Crippen molar-refractivity contribution in [2.45, 2.75) is 39.5 Å². The topological polar surface area (TPSA) is 64.6 Å². The van der Waals surface area contributed by atoms with Crippen molar-refractivity contribution in [2.24, 2.45) is 0 Å². The zero-order valence-corrected chi connectivity index (χ0v) is 15.8. The highest BCUT2D eigenvalue weighted by Gasteiger charge is 2.16. The molecule has 5 heteroatoms. The summed E-state index contributed by atoms with van der Waals surface area (Å²) < 4.78 is 10.8. The monoisotopic (exact) mass is 367 g/mol. The summed E-state index contributed by atoms with van der Waals surface area (Å²) in [6, 6.07) is 11.2. The van der Waals surface area contributed by atoms with E-state index in [1.807, 2.05) is 12.1 Å². The molecular weight excluding hydrogens is 342 g/mol. The fourth-order valence-corrected chi connectivity index (χ4v) is 3.41. The van der Waals surface area contributed by atoms with Gasteiger partial charge in [0.05, 0.1) is 12.2 Å². The maximum absolute atomic E-state index is 12.4. The standard InChI is InChI=1S/C22H25NO4/c1-3-26-22(25)17-11-7-12-19(15(17)2)23-21(24)14-27-20-13-6-9-16-8-4-5-10-18(16)20/h6-7,9,11-13H,3-5,8,10,14H2,1-2H3,(H,23,24). The van der Waals surface area contributed by atoms with Crippen LogP contribution in [0.5, 0.6) is 5.75 Å². The summed E-state index contributed by atoms with van der Waals surface area (Å²) in [4.78, 5) is 24.4. The number of ether oxygens (including phenoxy) is 2. The van der Waals surface area contributed by atoms with E-state index in [0.29, 0.717) is 23.4 Å². The molecule has 1 aliphatic rings. The first-order chi connectivity index (χ1) is 13.1. The van der Waals surface area contributed by atoms with Gasteiger partial charge in [0.25, 0.3) is 5.91 Å². The van der Waals surface area contributed by atoms with Gasteiger partial charge in [-0.05, 0) is 74.4 Å². The molecule has 0 saturated heterocycles. The van der Waals surface area contributed by atoms with E-state index in [4.69, 9.17) is 9.47 Å². The lowest BCUT2D eigenvalue weighted by Crippen LogP contribution is -2.22. The quantitative estimate of drug-likeness (QED) is 0.782. The molecule has 0 bridgehead atoms. The first kappa shape index (κ1) is 19.0. The molecule has 3 rings (SSSR count). The van der Waals surface area contributed by atoms with Crippen molar-refractivity contribution >= 4 is 17.6 Å². The molecule has 0 aromatic heterocycles. The molecule has 142 valence electrons. The van der Waals surface area contributed by atoms with E-state index >= 15 is 0 Å². The highest BCUT2D eigenvalue weighted by atomic mass is 16.5. The van der Waals surface area contributed by atoms with Gasteiger partial charge in [0.1, 0.15) is 5.75 Å². The predicted octanol–water partition coefficient (Wildman–Crippen LogP) is 4.07. The Morgan fingerprint density at radius 2 is 1.85 bits per heavy atom. The molecule has 0 atom stereocenters. The first-order valence-electron chi connectivity index (χ1n) is 9.40. The number of rotatable bonds is 6. The Kier molecular flexibility index (Phi) is 6.12. The molecule has 0 aliphatic heterocycles. The van der Waals surface area contributed by atoms with Crippen LogP contribution in [0.3, 0.4) is 0 Å². The molecule has 1 aliphatic carbocycles. The zero-order chi connectivity index (χ0) is 19.2. The van der Waals surface area contributed by atoms with Crippen LogP contribution >= 0.6 is 0 Å². The summed E-state index contributed by atoms with van der Waals surface area (Å²) >= 11 is 0. The Labute approximate surface area is 159 Å². The van der Waals surface area contributed by atoms with Crippen LogP contribution in [0.15, 0.2) is 36.4 Å². The molecule has 0 heterocycles. The van der Waals surface area contributed by atoms with Crippen LogP contribution in [0.25, 0.3) is 0 Å². The Bertz CT molecular complexity index is 844. The number of fused-ring (bicyclic) bond motifs is 1. The first-order valence-corrected chi connectivity index (χ1v) is 9.40. The largest absolute Gasteiger partial charge is 0.483 e. The number of aryl methyl sites for hydroxylation is 1. The molecule has 0 unspecified atom stereocenters. The van der Waals surface area contributed by atoms with E-state index in [1.165, 1.54) is 17.5 Å². The van der Waals surface area contributed by atoms with Crippen LogP contribution in [0, 0.1) is 6.92 Å². The summed E-state index contributed by atoms with van der Waals surface area (Å²) in [6.07, 6.45) is 4.42. The average molecular weight is 367 g/mol. The highest BCUT2D eigenvalue weighted by molar-refractivity contribution is 5.97. The minimum absolute atomic E-state index is 0.0699. The molecule has 2 aromatic rings. The zero-order valence-electron chi connectivity index (χ0n) is 15.8. The molecule has 0 spiro atoms. The molecule has 0 saturated carbocycles. The van der Waals surface area contributed by atoms with Crippen LogP contribution in [0.2, 0.25) is 0 Å². The number of anilines is 1. The Morgan fingerprint density at radius 1 is 1.07 bits per heavy atom. The Morgan fingerprint density at radius 3 is 2.67 bits per heavy atom. The van der Waals surface area contributed by atoms with Crippen LogP contribution in [-0.2, 0) is 22.4 Å². The molecule has 1 N–H and O–H groups in total. The van der Waals surface area contributed by atoms with Crippen LogP contribution in [0.4, 0.5) is 5.69 Å². The van der Waals surface area contributed by atoms with E-state index in [0.717, 1.165) is 25.0 Å². The van der Waals surface area contributed by atoms with Gasteiger partial charge in [-0.1, -0.05) is 18.2 Å². The molecule has 1 amide bonds. The van der Waals surface area contributed by atoms with Crippen molar-refractivity contribution in [3.8, 4) is 5.75 Å². The minimum Gasteiger partial charge on any atom is -0.483 e. The van der Waals surface area contributed by atoms with E-state index in [2.05, 4.69) is 11.4 Å². The highest BCUT2D eigenvalue weighted by Crippen LogP contribution is 2.29. The lowest BCUT2D eigenvalue weighted by Gasteiger charge is -2.19. The second kappa shape index (κ2) is 8.71. The fourth-order valence-electron chi connectivity index (χ4n) is 3.41. The van der Waals surface area contributed by atoms with Gasteiger partial charge in [0, 0.05) is 5.69 Å². The SMILES string of the molecule is CCOC(=O)c1cccc(NC(=O)COc2cccc3c2CCCC3)c1C. The lowest BCUT2D eigenvalue weighted by atomic mass is 9.91. The van der Waals surface area contributed by atoms with Crippen molar-refractivity contribution in [2.75, 3.05) is 18.5 Å². The average Bonchev–Trinajstić information content (AvgIpc) is 2.68. The lowest BCUT2D eigenvalue weighted by molar-refractivity contribution is -0.118. The van der Waals surface area contributed by atoms with E-state index in [9.17, 15) is 9.59 Å². The minimum atomic E-state index is -0.390.